The summed E-state index contributed by atoms with van der Waals surface area (Å²) in [4.78, 5) is 12.5. The number of carbonyl (C=O) groups excluding carboxylic acids is 1. The van der Waals surface area contributed by atoms with Crippen molar-refractivity contribution in [2.45, 2.75) is 6.42 Å². The number of fused-ring (bicyclic) bond motifs is 3. The molecule has 0 spiro atoms. The molecule has 1 aliphatic carbocycles. The second kappa shape index (κ2) is 8.33. The zero-order valence-corrected chi connectivity index (χ0v) is 17.2. The van der Waals surface area contributed by atoms with Gasteiger partial charge in [-0.05, 0) is 64.6 Å². The highest BCUT2D eigenvalue weighted by atomic mass is 16.5. The number of carbonyl (C=O) groups is 1. The maximum atomic E-state index is 12.5. The van der Waals surface area contributed by atoms with E-state index in [-0.39, 0.29) is 5.91 Å². The van der Waals surface area contributed by atoms with E-state index < -0.39 is 0 Å². The van der Waals surface area contributed by atoms with Gasteiger partial charge >= 0.3 is 0 Å². The molecule has 0 heterocycles. The predicted molar refractivity (Wildman–Crippen MR) is 118 cm³/mol. The van der Waals surface area contributed by atoms with Crippen molar-refractivity contribution in [1.29, 1.82) is 0 Å². The van der Waals surface area contributed by atoms with Crippen LogP contribution in [0.2, 0.25) is 0 Å². The lowest BCUT2D eigenvalue weighted by Gasteiger charge is -2.12. The van der Waals surface area contributed by atoms with E-state index in [1.807, 2.05) is 12.1 Å². The Morgan fingerprint density at radius 2 is 1.57 bits per heavy atom. The molecule has 0 saturated heterocycles. The van der Waals surface area contributed by atoms with Crippen molar-refractivity contribution in [3.05, 3.63) is 77.4 Å². The topological polar surface area (TPSA) is 56.8 Å². The minimum Gasteiger partial charge on any atom is -0.493 e. The lowest BCUT2D eigenvalue weighted by Crippen LogP contribution is -2.08. The average molecular weight is 401 g/mol. The third-order valence-corrected chi connectivity index (χ3v) is 5.18. The van der Waals surface area contributed by atoms with Crippen molar-refractivity contribution in [1.82, 2.24) is 0 Å². The molecule has 4 rings (SSSR count). The van der Waals surface area contributed by atoms with Crippen molar-refractivity contribution < 1.29 is 19.0 Å². The maximum Gasteiger partial charge on any atom is 0.248 e. The summed E-state index contributed by atoms with van der Waals surface area (Å²) < 4.78 is 16.0. The lowest BCUT2D eigenvalue weighted by atomic mass is 10.1. The first-order chi connectivity index (χ1) is 14.6. The third kappa shape index (κ3) is 3.74. The van der Waals surface area contributed by atoms with Gasteiger partial charge in [0.05, 0.1) is 21.3 Å². The Hall–Kier alpha value is -3.73. The predicted octanol–water partition coefficient (Wildman–Crippen LogP) is 4.94. The van der Waals surface area contributed by atoms with E-state index >= 15 is 0 Å². The molecule has 0 radical (unpaired) electrons. The Bertz CT molecular complexity index is 1110. The SMILES string of the molecule is COc1cc(C=CC(=O)Nc2ccc3c(c2)Cc2ccccc2-3)cc(OC)c1OC. The second-order valence-electron chi connectivity index (χ2n) is 6.99. The van der Waals surface area contributed by atoms with Crippen LogP contribution in [0.5, 0.6) is 17.2 Å². The molecule has 1 aliphatic rings. The van der Waals surface area contributed by atoms with Crippen molar-refractivity contribution in [3.63, 3.8) is 0 Å². The molecule has 3 aromatic rings. The fourth-order valence-electron chi connectivity index (χ4n) is 3.78. The Kier molecular flexibility index (Phi) is 5.44. The number of hydrogen-bond acceptors (Lipinski definition) is 4. The molecule has 152 valence electrons. The standard InChI is InChI=1S/C25H23NO4/c1-28-22-12-16(13-23(29-2)25(22)30-3)8-11-24(27)26-19-9-10-21-18(15-19)14-17-6-4-5-7-20(17)21/h4-13,15H,14H2,1-3H3,(H,26,27). The maximum absolute atomic E-state index is 12.5. The van der Waals surface area contributed by atoms with Crippen LogP contribution in [0.25, 0.3) is 17.2 Å². The third-order valence-electron chi connectivity index (χ3n) is 5.18. The largest absolute Gasteiger partial charge is 0.493 e. The number of anilines is 1. The summed E-state index contributed by atoms with van der Waals surface area (Å²) in [6, 6.07) is 18.0. The zero-order valence-electron chi connectivity index (χ0n) is 17.2. The van der Waals surface area contributed by atoms with E-state index in [1.54, 1.807) is 39.5 Å². The van der Waals surface area contributed by atoms with Crippen molar-refractivity contribution in [2.24, 2.45) is 0 Å². The summed E-state index contributed by atoms with van der Waals surface area (Å²) in [5.41, 5.74) is 6.59. The van der Waals surface area contributed by atoms with Crippen molar-refractivity contribution >= 4 is 17.7 Å². The minimum atomic E-state index is -0.209. The fourth-order valence-corrected chi connectivity index (χ4v) is 3.78. The summed E-state index contributed by atoms with van der Waals surface area (Å²) in [6.45, 7) is 0. The zero-order chi connectivity index (χ0) is 21.1. The fraction of sp³-hybridized carbons (Fsp3) is 0.160. The number of ether oxygens (including phenoxy) is 3. The summed E-state index contributed by atoms with van der Waals surface area (Å²) in [7, 11) is 4.67. The van der Waals surface area contributed by atoms with E-state index in [1.165, 1.54) is 28.3 Å². The molecular weight excluding hydrogens is 378 g/mol. The van der Waals surface area contributed by atoms with Crippen LogP contribution in [0.1, 0.15) is 16.7 Å². The molecule has 5 heteroatoms. The first-order valence-corrected chi connectivity index (χ1v) is 9.63. The Morgan fingerprint density at radius 3 is 2.27 bits per heavy atom. The van der Waals surface area contributed by atoms with Crippen LogP contribution in [-0.2, 0) is 11.2 Å². The number of amides is 1. The average Bonchev–Trinajstić information content (AvgIpc) is 3.14. The van der Waals surface area contributed by atoms with Gasteiger partial charge in [0.15, 0.2) is 11.5 Å². The summed E-state index contributed by atoms with van der Waals surface area (Å²) >= 11 is 0. The normalized spacial score (nSPS) is 11.7. The Labute approximate surface area is 175 Å². The molecular formula is C25H23NO4. The summed E-state index contributed by atoms with van der Waals surface area (Å²) in [6.07, 6.45) is 4.09. The smallest absolute Gasteiger partial charge is 0.248 e. The molecule has 0 atom stereocenters. The van der Waals surface area contributed by atoms with Crippen LogP contribution >= 0.6 is 0 Å². The molecule has 0 aliphatic heterocycles. The molecule has 0 unspecified atom stereocenters. The van der Waals surface area contributed by atoms with Gasteiger partial charge in [0.1, 0.15) is 0 Å². The minimum absolute atomic E-state index is 0.209. The monoisotopic (exact) mass is 401 g/mol. The van der Waals surface area contributed by atoms with E-state index in [0.717, 1.165) is 17.7 Å². The highest BCUT2D eigenvalue weighted by molar-refractivity contribution is 6.02. The van der Waals surface area contributed by atoms with E-state index in [0.29, 0.717) is 17.2 Å². The lowest BCUT2D eigenvalue weighted by molar-refractivity contribution is -0.111. The molecule has 0 bridgehead atoms. The quantitative estimate of drug-likeness (QED) is 0.465. The van der Waals surface area contributed by atoms with E-state index in [4.69, 9.17) is 14.2 Å². The van der Waals surface area contributed by atoms with Gasteiger partial charge in [0, 0.05) is 11.8 Å². The molecule has 5 nitrogen and oxygen atoms in total. The molecule has 0 aromatic heterocycles. The molecule has 1 N–H and O–H groups in total. The van der Waals surface area contributed by atoms with Crippen molar-refractivity contribution in [2.75, 3.05) is 26.6 Å². The highest BCUT2D eigenvalue weighted by Crippen LogP contribution is 2.39. The van der Waals surface area contributed by atoms with Gasteiger partial charge in [-0.1, -0.05) is 30.3 Å². The van der Waals surface area contributed by atoms with Crippen LogP contribution in [0.15, 0.2) is 60.7 Å². The summed E-state index contributed by atoms with van der Waals surface area (Å²) in [5.74, 6) is 1.38. The number of benzene rings is 3. The van der Waals surface area contributed by atoms with Gasteiger partial charge in [-0.25, -0.2) is 0 Å². The molecule has 1 amide bonds. The Balaban J connectivity index is 1.49. The Morgan fingerprint density at radius 1 is 0.867 bits per heavy atom. The van der Waals surface area contributed by atoms with Crippen LogP contribution in [0.4, 0.5) is 5.69 Å². The van der Waals surface area contributed by atoms with E-state index in [9.17, 15) is 4.79 Å². The van der Waals surface area contributed by atoms with Crippen LogP contribution in [0.3, 0.4) is 0 Å². The number of hydrogen-bond donors (Lipinski definition) is 1. The van der Waals surface area contributed by atoms with Gasteiger partial charge < -0.3 is 19.5 Å². The summed E-state index contributed by atoms with van der Waals surface area (Å²) in [5, 5.41) is 2.94. The van der Waals surface area contributed by atoms with Gasteiger partial charge in [0.25, 0.3) is 0 Å². The molecule has 0 saturated carbocycles. The highest BCUT2D eigenvalue weighted by Gasteiger charge is 2.18. The van der Waals surface area contributed by atoms with Crippen LogP contribution in [-0.4, -0.2) is 27.2 Å². The number of methoxy groups -OCH3 is 3. The van der Waals surface area contributed by atoms with Gasteiger partial charge in [0.2, 0.25) is 11.7 Å². The van der Waals surface area contributed by atoms with Gasteiger partial charge in [-0.2, -0.15) is 0 Å². The van der Waals surface area contributed by atoms with E-state index in [2.05, 4.69) is 35.6 Å². The first kappa shape index (κ1) is 19.6. The second-order valence-corrected chi connectivity index (χ2v) is 6.99. The number of rotatable bonds is 6. The van der Waals surface area contributed by atoms with Gasteiger partial charge in [-0.15, -0.1) is 0 Å². The van der Waals surface area contributed by atoms with Crippen molar-refractivity contribution in [3.8, 4) is 28.4 Å². The molecule has 3 aromatic carbocycles. The first-order valence-electron chi connectivity index (χ1n) is 9.63. The van der Waals surface area contributed by atoms with Gasteiger partial charge in [-0.3, -0.25) is 4.79 Å². The van der Waals surface area contributed by atoms with Crippen LogP contribution in [0, 0.1) is 0 Å². The molecule has 0 fully saturated rings. The van der Waals surface area contributed by atoms with Crippen LogP contribution < -0.4 is 19.5 Å². The number of nitrogens with one attached hydrogen (secondary N) is 1. The molecule has 30 heavy (non-hydrogen) atoms.